The molecule has 3 rings (SSSR count). The van der Waals surface area contributed by atoms with E-state index >= 15 is 0 Å². The van der Waals surface area contributed by atoms with Gasteiger partial charge in [0.15, 0.2) is 5.16 Å². The molecule has 0 aliphatic heterocycles. The lowest BCUT2D eigenvalue weighted by Crippen LogP contribution is -2.10. The molecule has 0 saturated carbocycles. The number of nitrogens with zero attached hydrogens (tertiary/aromatic N) is 2. The molecule has 0 radical (unpaired) electrons. The molecule has 108 valence electrons. The van der Waals surface area contributed by atoms with Crippen LogP contribution in [0.5, 0.6) is 0 Å². The smallest absolute Gasteiger partial charge is 0.190 e. The molecule has 0 aromatic carbocycles. The zero-order valence-electron chi connectivity index (χ0n) is 12.3. The first-order valence-electron chi connectivity index (χ1n) is 7.29. The van der Waals surface area contributed by atoms with E-state index in [4.69, 9.17) is 9.97 Å². The van der Waals surface area contributed by atoms with Gasteiger partial charge in [0.1, 0.15) is 10.6 Å². The number of fused-ring (bicyclic) bond motifs is 3. The van der Waals surface area contributed by atoms with Gasteiger partial charge in [0.25, 0.3) is 0 Å². The van der Waals surface area contributed by atoms with E-state index in [0.29, 0.717) is 5.92 Å². The predicted octanol–water partition coefficient (Wildman–Crippen LogP) is 4.36. The molecule has 2 aromatic heterocycles. The summed E-state index contributed by atoms with van der Waals surface area (Å²) >= 11 is 3.50. The largest absolute Gasteiger partial charge is 0.369 e. The Morgan fingerprint density at radius 1 is 1.25 bits per heavy atom. The number of aromatic nitrogens is 2. The van der Waals surface area contributed by atoms with Gasteiger partial charge in [-0.3, -0.25) is 0 Å². The number of anilines is 1. The molecule has 0 atom stereocenters. The molecule has 1 aliphatic carbocycles. The Hall–Kier alpha value is -0.810. The number of hydrogen-bond acceptors (Lipinski definition) is 5. The molecule has 0 amide bonds. The lowest BCUT2D eigenvalue weighted by Gasteiger charge is -2.14. The molecular formula is C15H21N3S2. The number of nitrogens with one attached hydrogen (secondary N) is 1. The van der Waals surface area contributed by atoms with Gasteiger partial charge in [-0.1, -0.05) is 25.6 Å². The molecule has 0 fully saturated rings. The quantitative estimate of drug-likeness (QED) is 0.673. The van der Waals surface area contributed by atoms with E-state index in [-0.39, 0.29) is 0 Å². The third kappa shape index (κ3) is 2.66. The predicted molar refractivity (Wildman–Crippen MR) is 89.2 cm³/mol. The number of aryl methyl sites for hydroxylation is 2. The Bertz CT molecular complexity index is 619. The van der Waals surface area contributed by atoms with Crippen molar-refractivity contribution in [2.45, 2.75) is 44.7 Å². The lowest BCUT2D eigenvalue weighted by atomic mass is 9.97. The highest BCUT2D eigenvalue weighted by Crippen LogP contribution is 2.39. The zero-order chi connectivity index (χ0) is 14.1. The van der Waals surface area contributed by atoms with Crippen molar-refractivity contribution in [2.24, 2.45) is 5.92 Å². The fourth-order valence-electron chi connectivity index (χ4n) is 2.66. The summed E-state index contributed by atoms with van der Waals surface area (Å²) in [6.45, 7) is 5.42. The average molecular weight is 307 g/mol. The van der Waals surface area contributed by atoms with Crippen LogP contribution in [0.3, 0.4) is 0 Å². The number of thioether (sulfide) groups is 1. The normalized spacial score (nSPS) is 14.8. The molecule has 2 heterocycles. The first-order valence-corrected chi connectivity index (χ1v) is 9.33. The molecule has 20 heavy (non-hydrogen) atoms. The van der Waals surface area contributed by atoms with Gasteiger partial charge in [0, 0.05) is 11.4 Å². The van der Waals surface area contributed by atoms with Gasteiger partial charge in [-0.05, 0) is 43.4 Å². The maximum atomic E-state index is 4.72. The minimum Gasteiger partial charge on any atom is -0.369 e. The third-order valence-corrected chi connectivity index (χ3v) is 5.39. The Morgan fingerprint density at radius 2 is 2.05 bits per heavy atom. The van der Waals surface area contributed by atoms with Crippen LogP contribution >= 0.6 is 23.1 Å². The van der Waals surface area contributed by atoms with Crippen molar-refractivity contribution in [3.8, 4) is 0 Å². The maximum absolute atomic E-state index is 4.72. The van der Waals surface area contributed by atoms with E-state index in [9.17, 15) is 0 Å². The van der Waals surface area contributed by atoms with Gasteiger partial charge in [-0.25, -0.2) is 9.97 Å². The van der Waals surface area contributed by atoms with Crippen molar-refractivity contribution in [3.63, 3.8) is 0 Å². The summed E-state index contributed by atoms with van der Waals surface area (Å²) in [6, 6.07) is 0. The minimum absolute atomic E-state index is 0.618. The Morgan fingerprint density at radius 3 is 2.80 bits per heavy atom. The number of rotatable bonds is 4. The molecule has 1 N–H and O–H groups in total. The van der Waals surface area contributed by atoms with Crippen LogP contribution in [0.1, 0.15) is 37.1 Å². The molecule has 0 unspecified atom stereocenters. The summed E-state index contributed by atoms with van der Waals surface area (Å²) in [7, 11) is 0. The summed E-state index contributed by atoms with van der Waals surface area (Å²) < 4.78 is 0. The summed E-state index contributed by atoms with van der Waals surface area (Å²) in [5.74, 6) is 1.67. The third-order valence-electron chi connectivity index (χ3n) is 3.65. The molecule has 0 bridgehead atoms. The second-order valence-corrected chi connectivity index (χ2v) is 7.58. The van der Waals surface area contributed by atoms with Crippen molar-refractivity contribution >= 4 is 39.1 Å². The number of thiophene rings is 1. The fraction of sp³-hybridized carbons (Fsp3) is 0.600. The van der Waals surface area contributed by atoms with Crippen molar-refractivity contribution in [3.05, 3.63) is 10.4 Å². The molecule has 5 heteroatoms. The van der Waals surface area contributed by atoms with Crippen LogP contribution in [0.25, 0.3) is 10.2 Å². The molecule has 2 aromatic rings. The monoisotopic (exact) mass is 307 g/mol. The topological polar surface area (TPSA) is 37.8 Å². The van der Waals surface area contributed by atoms with Crippen LogP contribution in [0, 0.1) is 5.92 Å². The highest BCUT2D eigenvalue weighted by Gasteiger charge is 2.21. The fourth-order valence-corrected chi connectivity index (χ4v) is 4.34. The first-order chi connectivity index (χ1) is 9.69. The van der Waals surface area contributed by atoms with E-state index in [0.717, 1.165) is 17.5 Å². The van der Waals surface area contributed by atoms with E-state index in [1.54, 1.807) is 11.8 Å². The Balaban J connectivity index is 2.11. The van der Waals surface area contributed by atoms with E-state index in [2.05, 4.69) is 19.2 Å². The van der Waals surface area contributed by atoms with Crippen molar-refractivity contribution in [1.82, 2.24) is 9.97 Å². The standard InChI is InChI=1S/C15H21N3S2/c1-9(2)8-16-13-12-10-6-4-5-7-11(10)20-14(12)18-15(17-13)19-3/h9H,4-8H2,1-3H3,(H,16,17,18). The van der Waals surface area contributed by atoms with Crippen LogP contribution < -0.4 is 5.32 Å². The highest BCUT2D eigenvalue weighted by atomic mass is 32.2. The van der Waals surface area contributed by atoms with Crippen molar-refractivity contribution in [2.75, 3.05) is 18.1 Å². The van der Waals surface area contributed by atoms with Gasteiger partial charge in [0.05, 0.1) is 5.39 Å². The highest BCUT2D eigenvalue weighted by molar-refractivity contribution is 7.98. The lowest BCUT2D eigenvalue weighted by molar-refractivity contribution is 0.685. The molecule has 3 nitrogen and oxygen atoms in total. The van der Waals surface area contributed by atoms with Gasteiger partial charge in [0.2, 0.25) is 0 Å². The summed E-state index contributed by atoms with van der Waals surface area (Å²) in [4.78, 5) is 12.1. The van der Waals surface area contributed by atoms with Crippen LogP contribution in [0.2, 0.25) is 0 Å². The minimum atomic E-state index is 0.618. The first kappa shape index (κ1) is 14.1. The van der Waals surface area contributed by atoms with E-state index in [1.807, 2.05) is 17.6 Å². The number of hydrogen-bond donors (Lipinski definition) is 1. The second kappa shape index (κ2) is 5.90. The van der Waals surface area contributed by atoms with Gasteiger partial charge >= 0.3 is 0 Å². The second-order valence-electron chi connectivity index (χ2n) is 5.72. The van der Waals surface area contributed by atoms with Crippen molar-refractivity contribution in [1.29, 1.82) is 0 Å². The SMILES string of the molecule is CSc1nc(NCC(C)C)c2c3c(sc2n1)CCCC3. The van der Waals surface area contributed by atoms with E-state index in [1.165, 1.54) is 46.3 Å². The molecule has 0 saturated heterocycles. The molecule has 0 spiro atoms. The molecular weight excluding hydrogens is 286 g/mol. The van der Waals surface area contributed by atoms with E-state index < -0.39 is 0 Å². The van der Waals surface area contributed by atoms with Crippen LogP contribution in [0.4, 0.5) is 5.82 Å². The Labute approximate surface area is 128 Å². The molecule has 1 aliphatic rings. The average Bonchev–Trinajstić information content (AvgIpc) is 2.82. The Kier molecular flexibility index (Phi) is 4.17. The summed E-state index contributed by atoms with van der Waals surface area (Å²) in [6.07, 6.45) is 7.06. The van der Waals surface area contributed by atoms with Crippen LogP contribution in [0.15, 0.2) is 5.16 Å². The summed E-state index contributed by atoms with van der Waals surface area (Å²) in [5, 5.41) is 5.71. The van der Waals surface area contributed by atoms with Gasteiger partial charge < -0.3 is 5.32 Å². The van der Waals surface area contributed by atoms with Crippen molar-refractivity contribution < 1.29 is 0 Å². The van der Waals surface area contributed by atoms with Gasteiger partial charge in [-0.2, -0.15) is 0 Å². The van der Waals surface area contributed by atoms with Crippen LogP contribution in [-0.4, -0.2) is 22.8 Å². The maximum Gasteiger partial charge on any atom is 0.190 e. The summed E-state index contributed by atoms with van der Waals surface area (Å²) in [5.41, 5.74) is 1.51. The zero-order valence-corrected chi connectivity index (χ0v) is 14.0. The van der Waals surface area contributed by atoms with Crippen LogP contribution in [-0.2, 0) is 12.8 Å². The van der Waals surface area contributed by atoms with Gasteiger partial charge in [-0.15, -0.1) is 11.3 Å².